The van der Waals surface area contributed by atoms with Gasteiger partial charge in [0.15, 0.2) is 11.5 Å². The maximum Gasteiger partial charge on any atom is 0.284 e. The molecule has 8 aromatic carbocycles. The number of methoxy groups -OCH3 is 3. The van der Waals surface area contributed by atoms with E-state index in [1.807, 2.05) is 54.6 Å². The molecule has 0 saturated carbocycles. The van der Waals surface area contributed by atoms with E-state index >= 15 is 0 Å². The van der Waals surface area contributed by atoms with Crippen LogP contribution in [0.3, 0.4) is 0 Å². The SMILES string of the molecule is COc1ccc2c(c1)CC[n+]1c-2cc2c(-c3ccc(-c4ccccc4)cc3)c(CO)c(CO)cc2c1N(C)C.COc1ccc2c(c1OC)CC[n+]1c-2cc2c(-c3ccc(-c4ccccc4)cc3)c(CO)c(CO)cc2c1N(C)C.[W].[W]. The summed E-state index contributed by atoms with van der Waals surface area (Å²) in [6, 6.07) is 56.5. The molecule has 0 radical (unpaired) electrons. The number of fused-ring (bicyclic) bond motifs is 8. The van der Waals surface area contributed by atoms with Crippen molar-refractivity contribution in [1.29, 1.82) is 0 Å². The summed E-state index contributed by atoms with van der Waals surface area (Å²) in [5, 5.41) is 46.2. The Labute approximate surface area is 508 Å². The Morgan fingerprint density at radius 1 is 0.427 bits per heavy atom. The summed E-state index contributed by atoms with van der Waals surface area (Å²) in [6.45, 7) is 0.984. The Hall–Kier alpha value is -7.20. The maximum absolute atomic E-state index is 10.6. The van der Waals surface area contributed by atoms with Crippen LogP contribution in [0, 0.1) is 0 Å². The van der Waals surface area contributed by atoms with Gasteiger partial charge in [0.2, 0.25) is 0 Å². The minimum absolute atomic E-state index is 0. The first-order valence-corrected chi connectivity index (χ1v) is 27.2. The van der Waals surface area contributed by atoms with Gasteiger partial charge in [-0.05, 0) is 127 Å². The molecule has 82 heavy (non-hydrogen) atoms. The van der Waals surface area contributed by atoms with Gasteiger partial charge in [0.25, 0.3) is 11.6 Å². The maximum atomic E-state index is 10.6. The quantitative estimate of drug-likeness (QED) is 0.0836. The molecule has 0 aliphatic carbocycles. The fourth-order valence-corrected chi connectivity index (χ4v) is 12.4. The molecule has 2 aliphatic rings. The fourth-order valence-electron chi connectivity index (χ4n) is 12.4. The molecular formula is C69H68N4O7W2+2. The number of aliphatic hydroxyl groups is 4. The molecule has 0 spiro atoms. The van der Waals surface area contributed by atoms with E-state index in [0.717, 1.165) is 166 Å². The van der Waals surface area contributed by atoms with Crippen molar-refractivity contribution in [2.24, 2.45) is 0 Å². The van der Waals surface area contributed by atoms with Crippen LogP contribution in [0.15, 0.2) is 164 Å². The van der Waals surface area contributed by atoms with Gasteiger partial charge in [-0.15, -0.1) is 0 Å². The minimum atomic E-state index is -0.176. The molecular weight excluding hydrogens is 1360 g/mol. The van der Waals surface area contributed by atoms with Crippen LogP contribution in [0.4, 0.5) is 11.6 Å². The molecule has 416 valence electrons. The van der Waals surface area contributed by atoms with Crippen LogP contribution < -0.4 is 33.1 Å². The average molecular weight is 1430 g/mol. The predicted octanol–water partition coefficient (Wildman–Crippen LogP) is 11.5. The van der Waals surface area contributed by atoms with Crippen LogP contribution in [0.5, 0.6) is 17.2 Å². The molecule has 0 fully saturated rings. The number of benzene rings is 8. The summed E-state index contributed by atoms with van der Waals surface area (Å²) >= 11 is 0. The van der Waals surface area contributed by atoms with Crippen LogP contribution in [0.2, 0.25) is 0 Å². The topological polar surface area (TPSA) is 123 Å². The monoisotopic (exact) mass is 1430 g/mol. The fraction of sp³-hybridized carbons (Fsp3) is 0.217. The van der Waals surface area contributed by atoms with Crippen LogP contribution in [-0.4, -0.2) is 69.9 Å². The Morgan fingerprint density at radius 2 is 0.866 bits per heavy atom. The number of anilines is 2. The smallest absolute Gasteiger partial charge is 0.284 e. The summed E-state index contributed by atoms with van der Waals surface area (Å²) < 4.78 is 21.7. The molecule has 0 unspecified atom stereocenters. The number of hydrogen-bond acceptors (Lipinski definition) is 9. The Bertz CT molecular complexity index is 3950. The van der Waals surface area contributed by atoms with Crippen molar-refractivity contribution >= 4 is 33.2 Å². The third kappa shape index (κ3) is 10.8. The summed E-state index contributed by atoms with van der Waals surface area (Å²) in [6.07, 6.45) is 1.71. The number of pyridine rings is 2. The van der Waals surface area contributed by atoms with Crippen molar-refractivity contribution in [2.75, 3.05) is 59.3 Å². The van der Waals surface area contributed by atoms with Gasteiger partial charge in [-0.1, -0.05) is 109 Å². The molecule has 13 heteroatoms. The van der Waals surface area contributed by atoms with E-state index in [0.29, 0.717) is 0 Å². The molecule has 0 atom stereocenters. The van der Waals surface area contributed by atoms with Gasteiger partial charge >= 0.3 is 0 Å². The largest absolute Gasteiger partial charge is 0.497 e. The molecule has 2 aliphatic heterocycles. The molecule has 0 bridgehead atoms. The first-order valence-electron chi connectivity index (χ1n) is 27.2. The first kappa shape index (κ1) is 59.4. The van der Waals surface area contributed by atoms with E-state index in [2.05, 4.69) is 156 Å². The number of aromatic nitrogens is 2. The van der Waals surface area contributed by atoms with Crippen LogP contribution in [0.1, 0.15) is 33.4 Å². The minimum Gasteiger partial charge on any atom is -0.497 e. The number of nitrogens with zero attached hydrogens (tertiary/aromatic N) is 4. The number of aryl methyl sites for hydroxylation is 1. The van der Waals surface area contributed by atoms with Gasteiger partial charge in [0, 0.05) is 82.4 Å². The molecule has 0 saturated heterocycles. The van der Waals surface area contributed by atoms with Gasteiger partial charge in [-0.25, -0.2) is 9.13 Å². The third-order valence-electron chi connectivity index (χ3n) is 16.0. The summed E-state index contributed by atoms with van der Waals surface area (Å²) in [5.41, 5.74) is 18.3. The van der Waals surface area contributed by atoms with E-state index in [9.17, 15) is 20.4 Å². The van der Waals surface area contributed by atoms with Crippen LogP contribution in [0.25, 0.3) is 88.6 Å². The van der Waals surface area contributed by atoms with E-state index in [4.69, 9.17) is 14.2 Å². The standard InChI is InChI=1S/C35H35N2O4.C34H33N2O3.2W/c1-36(2)35-29-18-25(20-38)30(21-39)33(24-12-10-23(11-13-24)22-8-6-5-7-9-22)28(29)19-31-26-14-15-32(40-3)34(41-4)27(26)16-17-37(31)35;1-35(2)34-30-18-26(20-37)31(21-38)33(24-11-9-23(10-12-24)22-7-5-4-6-8-22)29(30)19-32-28-14-13-27(39-3)17-25(28)15-16-36(32)34;;/h5-15,18-19,38-39H,16-17,20-21H2,1-4H3;4-14,17-19,37-38H,15-16,20-21H2,1-3H3;;/q2*+1;;. The van der Waals surface area contributed by atoms with Gasteiger partial charge in [-0.2, -0.15) is 0 Å². The zero-order valence-corrected chi connectivity index (χ0v) is 53.2. The molecule has 10 aromatic rings. The van der Waals surface area contributed by atoms with Crippen molar-refractivity contribution in [3.63, 3.8) is 0 Å². The zero-order chi connectivity index (χ0) is 55.8. The molecule has 4 heterocycles. The van der Waals surface area contributed by atoms with Crippen molar-refractivity contribution in [1.82, 2.24) is 0 Å². The zero-order valence-electron chi connectivity index (χ0n) is 47.4. The van der Waals surface area contributed by atoms with E-state index in [1.165, 1.54) is 11.1 Å². The van der Waals surface area contributed by atoms with Gasteiger partial charge in [0.05, 0.1) is 99.8 Å². The average Bonchev–Trinajstić information content (AvgIpc) is 3.02. The van der Waals surface area contributed by atoms with Crippen molar-refractivity contribution in [3.8, 4) is 84.3 Å². The molecule has 11 nitrogen and oxygen atoms in total. The number of aliphatic hydroxyl groups excluding tert-OH is 4. The Balaban J connectivity index is 0.000000193. The predicted molar refractivity (Wildman–Crippen MR) is 320 cm³/mol. The van der Waals surface area contributed by atoms with E-state index in [1.54, 1.807) is 21.3 Å². The summed E-state index contributed by atoms with van der Waals surface area (Å²) in [5.74, 6) is 4.50. The third-order valence-corrected chi connectivity index (χ3v) is 16.0. The molecule has 4 N–H and O–H groups in total. The number of hydrogen-bond donors (Lipinski definition) is 4. The first-order chi connectivity index (χ1) is 39.0. The normalized spacial score (nSPS) is 11.9. The second-order valence-corrected chi connectivity index (χ2v) is 20.9. The van der Waals surface area contributed by atoms with Crippen molar-refractivity contribution < 1.29 is 85.9 Å². The Kier molecular flexibility index (Phi) is 18.5. The van der Waals surface area contributed by atoms with Gasteiger partial charge in [0.1, 0.15) is 17.1 Å². The number of ether oxygens (including phenoxy) is 3. The van der Waals surface area contributed by atoms with Crippen LogP contribution >= 0.6 is 0 Å². The second-order valence-electron chi connectivity index (χ2n) is 20.9. The number of rotatable bonds is 13. The summed E-state index contributed by atoms with van der Waals surface area (Å²) in [4.78, 5) is 4.29. The van der Waals surface area contributed by atoms with Crippen LogP contribution in [-0.2, 0) is 94.5 Å². The van der Waals surface area contributed by atoms with Gasteiger partial charge < -0.3 is 34.6 Å². The van der Waals surface area contributed by atoms with Gasteiger partial charge in [-0.3, -0.25) is 9.80 Å². The second kappa shape index (κ2) is 25.5. The molecule has 12 rings (SSSR count). The molecule has 0 amide bonds. The summed E-state index contributed by atoms with van der Waals surface area (Å²) in [7, 11) is 13.3. The Morgan fingerprint density at radius 3 is 1.29 bits per heavy atom. The van der Waals surface area contributed by atoms with E-state index < -0.39 is 0 Å². The van der Waals surface area contributed by atoms with Crippen molar-refractivity contribution in [3.05, 3.63) is 197 Å². The van der Waals surface area contributed by atoms with Crippen molar-refractivity contribution in [2.45, 2.75) is 52.4 Å². The van der Waals surface area contributed by atoms with E-state index in [-0.39, 0.29) is 68.6 Å². The molecule has 2 aromatic heterocycles.